The molecule has 1 atom stereocenters. The monoisotopic (exact) mass is 318 g/mol. The summed E-state index contributed by atoms with van der Waals surface area (Å²) in [5, 5.41) is 0. The van der Waals surface area contributed by atoms with Crippen LogP contribution in [-0.4, -0.2) is 45.7 Å². The summed E-state index contributed by atoms with van der Waals surface area (Å²) >= 11 is 0. The third-order valence-electron chi connectivity index (χ3n) is 3.33. The molecule has 1 unspecified atom stereocenters. The number of benzene rings is 1. The highest BCUT2D eigenvalue weighted by atomic mass is 32.2. The molecule has 0 spiro atoms. The lowest BCUT2D eigenvalue weighted by Crippen LogP contribution is -2.43. The van der Waals surface area contributed by atoms with E-state index in [1.54, 1.807) is 25.1 Å². The van der Waals surface area contributed by atoms with Crippen molar-refractivity contribution in [1.29, 1.82) is 0 Å². The lowest BCUT2D eigenvalue weighted by Gasteiger charge is -2.26. The summed E-state index contributed by atoms with van der Waals surface area (Å²) in [4.78, 5) is 0.159. The highest BCUT2D eigenvalue weighted by Gasteiger charge is 2.31. The maximum Gasteiger partial charge on any atom is 0.243 e. The van der Waals surface area contributed by atoms with E-state index in [0.29, 0.717) is 0 Å². The predicted molar refractivity (Wildman–Crippen MR) is 76.5 cm³/mol. The van der Waals surface area contributed by atoms with Gasteiger partial charge in [-0.2, -0.15) is 4.31 Å². The van der Waals surface area contributed by atoms with Gasteiger partial charge in [-0.1, -0.05) is 12.1 Å². The zero-order chi connectivity index (χ0) is 15.0. The van der Waals surface area contributed by atoms with E-state index in [4.69, 9.17) is 5.73 Å². The quantitative estimate of drug-likeness (QED) is 0.854. The number of hydrogen-bond donors (Lipinski definition) is 1. The molecule has 1 fully saturated rings. The van der Waals surface area contributed by atoms with Crippen LogP contribution in [0.1, 0.15) is 18.5 Å². The van der Waals surface area contributed by atoms with Gasteiger partial charge in [-0.05, 0) is 24.6 Å². The minimum atomic E-state index is -3.65. The third-order valence-corrected chi connectivity index (χ3v) is 6.83. The van der Waals surface area contributed by atoms with E-state index in [1.165, 1.54) is 10.4 Å². The molecule has 1 aliphatic rings. The molecule has 112 valence electrons. The van der Waals surface area contributed by atoms with Crippen molar-refractivity contribution in [2.75, 3.05) is 24.6 Å². The molecule has 20 heavy (non-hydrogen) atoms. The molecule has 0 aromatic heterocycles. The van der Waals surface area contributed by atoms with Crippen LogP contribution in [0.25, 0.3) is 0 Å². The molecule has 1 aromatic carbocycles. The van der Waals surface area contributed by atoms with Crippen molar-refractivity contribution in [3.05, 3.63) is 29.8 Å². The van der Waals surface area contributed by atoms with Gasteiger partial charge in [0.15, 0.2) is 9.84 Å². The van der Waals surface area contributed by atoms with Crippen LogP contribution in [0.3, 0.4) is 0 Å². The number of sulfone groups is 1. The summed E-state index contributed by atoms with van der Waals surface area (Å²) < 4.78 is 48.9. The lowest BCUT2D eigenvalue weighted by molar-refractivity contribution is 0.430. The van der Waals surface area contributed by atoms with Crippen LogP contribution in [0.15, 0.2) is 29.2 Å². The van der Waals surface area contributed by atoms with E-state index in [1.807, 2.05) is 0 Å². The molecule has 0 aliphatic carbocycles. The average Bonchev–Trinajstić information content (AvgIpc) is 2.38. The highest BCUT2D eigenvalue weighted by Crippen LogP contribution is 2.21. The molecule has 2 N–H and O–H groups in total. The summed E-state index contributed by atoms with van der Waals surface area (Å²) in [5.41, 5.74) is 6.48. The topological polar surface area (TPSA) is 97.5 Å². The molecule has 2 rings (SSSR count). The van der Waals surface area contributed by atoms with Gasteiger partial charge < -0.3 is 5.73 Å². The normalized spacial score (nSPS) is 21.5. The Kier molecular flexibility index (Phi) is 4.19. The average molecular weight is 318 g/mol. The molecule has 0 amide bonds. The molecule has 1 saturated heterocycles. The van der Waals surface area contributed by atoms with E-state index in [-0.39, 0.29) is 35.5 Å². The fourth-order valence-electron chi connectivity index (χ4n) is 2.04. The molecular weight excluding hydrogens is 300 g/mol. The van der Waals surface area contributed by atoms with Crippen molar-refractivity contribution in [3.8, 4) is 0 Å². The van der Waals surface area contributed by atoms with Crippen molar-refractivity contribution in [1.82, 2.24) is 4.31 Å². The molecular formula is C12H18N2O4S2. The smallest absolute Gasteiger partial charge is 0.243 e. The number of hydrogen-bond acceptors (Lipinski definition) is 5. The van der Waals surface area contributed by atoms with Gasteiger partial charge in [0.25, 0.3) is 0 Å². The van der Waals surface area contributed by atoms with Crippen LogP contribution in [0.4, 0.5) is 0 Å². The van der Waals surface area contributed by atoms with E-state index < -0.39 is 19.9 Å². The van der Waals surface area contributed by atoms with Gasteiger partial charge >= 0.3 is 0 Å². The first-order valence-corrected chi connectivity index (χ1v) is 9.55. The van der Waals surface area contributed by atoms with E-state index in [9.17, 15) is 16.8 Å². The van der Waals surface area contributed by atoms with Crippen molar-refractivity contribution in [2.24, 2.45) is 5.73 Å². The van der Waals surface area contributed by atoms with Gasteiger partial charge in [0.05, 0.1) is 16.4 Å². The van der Waals surface area contributed by atoms with Crippen molar-refractivity contribution in [2.45, 2.75) is 17.9 Å². The summed E-state index contributed by atoms with van der Waals surface area (Å²) in [6, 6.07) is 6.20. The fourth-order valence-corrected chi connectivity index (χ4v) is 4.97. The minimum absolute atomic E-state index is 0.00702. The Morgan fingerprint density at radius 3 is 2.40 bits per heavy atom. The molecule has 0 bridgehead atoms. The van der Waals surface area contributed by atoms with Crippen molar-refractivity contribution < 1.29 is 16.8 Å². The molecule has 0 saturated carbocycles. The van der Waals surface area contributed by atoms with E-state index in [2.05, 4.69) is 0 Å². The van der Waals surface area contributed by atoms with Gasteiger partial charge in [0, 0.05) is 19.1 Å². The summed E-state index contributed by atoms with van der Waals surface area (Å²) in [7, 11) is -6.76. The predicted octanol–water partition coefficient (Wildman–Crippen LogP) is 0.125. The standard InChI is InChI=1S/C12H18N2O4S2/c1-10(13)11-3-2-4-12(9-11)20(17,18)14-5-7-19(15,16)8-6-14/h2-4,9-10H,5-8,13H2,1H3. The summed E-state index contributed by atoms with van der Waals surface area (Å²) in [6.07, 6.45) is 0. The highest BCUT2D eigenvalue weighted by molar-refractivity contribution is 7.92. The summed E-state index contributed by atoms with van der Waals surface area (Å²) in [6.45, 7) is 1.79. The fraction of sp³-hybridized carbons (Fsp3) is 0.500. The van der Waals surface area contributed by atoms with Gasteiger partial charge in [0.2, 0.25) is 10.0 Å². The molecule has 1 aliphatic heterocycles. The Morgan fingerprint density at radius 2 is 1.85 bits per heavy atom. The third kappa shape index (κ3) is 3.20. The molecule has 1 aromatic rings. The molecule has 0 radical (unpaired) electrons. The second-order valence-electron chi connectivity index (χ2n) is 4.92. The first-order valence-electron chi connectivity index (χ1n) is 6.28. The van der Waals surface area contributed by atoms with Crippen LogP contribution in [0.5, 0.6) is 0 Å². The van der Waals surface area contributed by atoms with Gasteiger partial charge in [-0.25, -0.2) is 16.8 Å². The number of nitrogens with two attached hydrogens (primary N) is 1. The van der Waals surface area contributed by atoms with Crippen LogP contribution in [-0.2, 0) is 19.9 Å². The Morgan fingerprint density at radius 1 is 1.25 bits per heavy atom. The second-order valence-corrected chi connectivity index (χ2v) is 9.16. The van der Waals surface area contributed by atoms with Crippen LogP contribution in [0.2, 0.25) is 0 Å². The Bertz CT molecular complexity index is 682. The number of sulfonamides is 1. The van der Waals surface area contributed by atoms with Crippen LogP contribution < -0.4 is 5.73 Å². The Labute approximate surface area is 119 Å². The largest absolute Gasteiger partial charge is 0.324 e. The molecule has 1 heterocycles. The van der Waals surface area contributed by atoms with Crippen LogP contribution in [0, 0.1) is 0 Å². The summed E-state index contributed by atoms with van der Waals surface area (Å²) in [5.74, 6) is -0.252. The first kappa shape index (κ1) is 15.4. The molecule has 6 nitrogen and oxygen atoms in total. The van der Waals surface area contributed by atoms with Gasteiger partial charge in [-0.3, -0.25) is 0 Å². The Hall–Kier alpha value is -0.960. The Balaban J connectivity index is 2.29. The van der Waals surface area contributed by atoms with Gasteiger partial charge in [0.1, 0.15) is 0 Å². The maximum absolute atomic E-state index is 12.5. The number of nitrogens with zero attached hydrogens (tertiary/aromatic N) is 1. The SMILES string of the molecule is CC(N)c1cccc(S(=O)(=O)N2CCS(=O)(=O)CC2)c1. The first-order chi connectivity index (χ1) is 9.22. The zero-order valence-electron chi connectivity index (χ0n) is 11.2. The number of rotatable bonds is 3. The van der Waals surface area contributed by atoms with Crippen LogP contribution >= 0.6 is 0 Å². The minimum Gasteiger partial charge on any atom is -0.324 e. The van der Waals surface area contributed by atoms with E-state index in [0.717, 1.165) is 5.56 Å². The second kappa shape index (κ2) is 5.44. The van der Waals surface area contributed by atoms with Gasteiger partial charge in [-0.15, -0.1) is 0 Å². The lowest BCUT2D eigenvalue weighted by atomic mass is 10.1. The molecule has 8 heteroatoms. The van der Waals surface area contributed by atoms with E-state index >= 15 is 0 Å². The van der Waals surface area contributed by atoms with Crippen molar-refractivity contribution >= 4 is 19.9 Å². The maximum atomic E-state index is 12.5. The zero-order valence-corrected chi connectivity index (χ0v) is 12.8. The van der Waals surface area contributed by atoms with Crippen molar-refractivity contribution in [3.63, 3.8) is 0 Å².